The number of alkyl carbamates (subject to hydrolysis) is 1. The minimum Gasteiger partial charge on any atom is -0.444 e. The Kier molecular flexibility index (Phi) is 5.20. The maximum absolute atomic E-state index is 11.8. The maximum atomic E-state index is 11.8. The molecule has 0 bridgehead atoms. The lowest BCUT2D eigenvalue weighted by molar-refractivity contribution is -0.121. The van der Waals surface area contributed by atoms with Crippen LogP contribution >= 0.6 is 0 Å². The first kappa shape index (κ1) is 16.8. The quantitative estimate of drug-likeness (QED) is 0.882. The summed E-state index contributed by atoms with van der Waals surface area (Å²) in [5.41, 5.74) is 0.803. The highest BCUT2D eigenvalue weighted by Gasteiger charge is 2.16. The Morgan fingerprint density at radius 1 is 1.22 bits per heavy atom. The monoisotopic (exact) mass is 319 g/mol. The number of ether oxygens (including phenoxy) is 1. The van der Waals surface area contributed by atoms with E-state index in [1.807, 2.05) is 24.3 Å². The fourth-order valence-electron chi connectivity index (χ4n) is 1.93. The maximum Gasteiger partial charge on any atom is 0.407 e. The van der Waals surface area contributed by atoms with E-state index < -0.39 is 11.7 Å². The SMILES string of the molecule is CC(C)(C)OC(=O)NCCC(=O)NCc1noc2ccccc12. The molecule has 2 aromatic rings. The van der Waals surface area contributed by atoms with Crippen molar-refractivity contribution in [3.63, 3.8) is 0 Å². The van der Waals surface area contributed by atoms with Gasteiger partial charge in [0.05, 0.1) is 6.54 Å². The van der Waals surface area contributed by atoms with Crippen LogP contribution < -0.4 is 10.6 Å². The van der Waals surface area contributed by atoms with Crippen molar-refractivity contribution in [2.45, 2.75) is 39.3 Å². The molecule has 2 N–H and O–H groups in total. The van der Waals surface area contributed by atoms with Crippen LogP contribution in [0.25, 0.3) is 11.0 Å². The highest BCUT2D eigenvalue weighted by molar-refractivity contribution is 5.81. The first-order valence-corrected chi connectivity index (χ1v) is 7.42. The minimum absolute atomic E-state index is 0.162. The van der Waals surface area contributed by atoms with Gasteiger partial charge in [0.25, 0.3) is 0 Å². The van der Waals surface area contributed by atoms with Gasteiger partial charge in [-0.25, -0.2) is 4.79 Å². The van der Waals surface area contributed by atoms with Crippen LogP contribution in [-0.4, -0.2) is 29.3 Å². The molecule has 0 aliphatic carbocycles. The average Bonchev–Trinajstić information content (AvgIpc) is 2.86. The molecule has 0 aliphatic rings. The van der Waals surface area contributed by atoms with Gasteiger partial charge in [0.15, 0.2) is 5.58 Å². The van der Waals surface area contributed by atoms with Gasteiger partial charge in [-0.1, -0.05) is 17.3 Å². The number of para-hydroxylation sites is 1. The fourth-order valence-corrected chi connectivity index (χ4v) is 1.93. The number of hydrogen-bond donors (Lipinski definition) is 2. The number of amides is 2. The normalized spacial score (nSPS) is 11.3. The van der Waals surface area contributed by atoms with Gasteiger partial charge in [-0.2, -0.15) is 0 Å². The van der Waals surface area contributed by atoms with Gasteiger partial charge in [-0.15, -0.1) is 0 Å². The van der Waals surface area contributed by atoms with Crippen molar-refractivity contribution in [1.29, 1.82) is 0 Å². The van der Waals surface area contributed by atoms with Gasteiger partial charge in [-0.3, -0.25) is 4.79 Å². The van der Waals surface area contributed by atoms with Crippen molar-refractivity contribution in [2.24, 2.45) is 0 Å². The second-order valence-corrected chi connectivity index (χ2v) is 6.08. The van der Waals surface area contributed by atoms with E-state index in [2.05, 4.69) is 15.8 Å². The molecule has 7 heteroatoms. The number of carbonyl (C=O) groups is 2. The predicted molar refractivity (Wildman–Crippen MR) is 84.7 cm³/mol. The van der Waals surface area contributed by atoms with Crippen LogP contribution in [0.3, 0.4) is 0 Å². The van der Waals surface area contributed by atoms with Gasteiger partial charge in [-0.05, 0) is 32.9 Å². The van der Waals surface area contributed by atoms with E-state index in [0.717, 1.165) is 5.39 Å². The fraction of sp³-hybridized carbons (Fsp3) is 0.438. The Morgan fingerprint density at radius 2 is 1.96 bits per heavy atom. The smallest absolute Gasteiger partial charge is 0.407 e. The number of rotatable bonds is 5. The third kappa shape index (κ3) is 5.28. The first-order chi connectivity index (χ1) is 10.8. The second-order valence-electron chi connectivity index (χ2n) is 6.08. The lowest BCUT2D eigenvalue weighted by Gasteiger charge is -2.19. The number of hydrogen-bond acceptors (Lipinski definition) is 5. The molecule has 0 saturated heterocycles. The third-order valence-electron chi connectivity index (χ3n) is 2.93. The van der Waals surface area contributed by atoms with Crippen LogP contribution in [0.2, 0.25) is 0 Å². The predicted octanol–water partition coefficient (Wildman–Crippen LogP) is 2.36. The minimum atomic E-state index is -0.555. The zero-order valence-corrected chi connectivity index (χ0v) is 13.5. The molecule has 0 atom stereocenters. The van der Waals surface area contributed by atoms with E-state index in [-0.39, 0.29) is 25.4 Å². The van der Waals surface area contributed by atoms with Crippen molar-refractivity contribution in [1.82, 2.24) is 15.8 Å². The van der Waals surface area contributed by atoms with Gasteiger partial charge in [0, 0.05) is 18.4 Å². The Bertz CT molecular complexity index is 688. The summed E-state index contributed by atoms with van der Waals surface area (Å²) in [7, 11) is 0. The average molecular weight is 319 g/mol. The highest BCUT2D eigenvalue weighted by atomic mass is 16.6. The van der Waals surface area contributed by atoms with Crippen LogP contribution in [0.5, 0.6) is 0 Å². The Labute approximate surface area is 134 Å². The molecule has 0 aliphatic heterocycles. The molecule has 2 rings (SSSR count). The third-order valence-corrected chi connectivity index (χ3v) is 2.93. The molecule has 0 unspecified atom stereocenters. The van der Waals surface area contributed by atoms with Crippen LogP contribution in [0.4, 0.5) is 4.79 Å². The number of fused-ring (bicyclic) bond motifs is 1. The summed E-state index contributed by atoms with van der Waals surface area (Å²) in [6, 6.07) is 7.45. The molecule has 1 aromatic carbocycles. The zero-order chi connectivity index (χ0) is 16.9. The van der Waals surface area contributed by atoms with Gasteiger partial charge >= 0.3 is 6.09 Å². The highest BCUT2D eigenvalue weighted by Crippen LogP contribution is 2.17. The Hall–Kier alpha value is -2.57. The van der Waals surface area contributed by atoms with E-state index in [1.54, 1.807) is 20.8 Å². The van der Waals surface area contributed by atoms with Crippen molar-refractivity contribution in [3.05, 3.63) is 30.0 Å². The van der Waals surface area contributed by atoms with Crippen molar-refractivity contribution >= 4 is 23.0 Å². The number of benzene rings is 1. The largest absolute Gasteiger partial charge is 0.444 e. The number of carbonyl (C=O) groups excluding carboxylic acids is 2. The number of aromatic nitrogens is 1. The molecule has 7 nitrogen and oxygen atoms in total. The van der Waals surface area contributed by atoms with E-state index in [4.69, 9.17) is 9.26 Å². The molecule has 2 amide bonds. The first-order valence-electron chi connectivity index (χ1n) is 7.42. The van der Waals surface area contributed by atoms with Crippen LogP contribution in [0.1, 0.15) is 32.9 Å². The number of nitrogens with zero attached hydrogens (tertiary/aromatic N) is 1. The lowest BCUT2D eigenvalue weighted by Crippen LogP contribution is -2.35. The summed E-state index contributed by atoms with van der Waals surface area (Å²) in [4.78, 5) is 23.2. The van der Waals surface area contributed by atoms with E-state index >= 15 is 0 Å². The molecule has 0 fully saturated rings. The summed E-state index contributed by atoms with van der Waals surface area (Å²) in [6.45, 7) is 5.83. The molecule has 0 radical (unpaired) electrons. The van der Waals surface area contributed by atoms with Crippen LogP contribution in [-0.2, 0) is 16.1 Å². The number of nitrogens with one attached hydrogen (secondary N) is 2. The van der Waals surface area contributed by atoms with Gasteiger partial charge in [0.2, 0.25) is 5.91 Å². The Balaban J connectivity index is 1.72. The molecule has 1 heterocycles. The molecule has 0 spiro atoms. The van der Waals surface area contributed by atoms with Gasteiger partial charge < -0.3 is 19.9 Å². The van der Waals surface area contributed by atoms with Crippen LogP contribution in [0, 0.1) is 0 Å². The topological polar surface area (TPSA) is 93.5 Å². The van der Waals surface area contributed by atoms with Crippen molar-refractivity contribution < 1.29 is 18.8 Å². The van der Waals surface area contributed by atoms with E-state index in [9.17, 15) is 9.59 Å². The molecular formula is C16H21N3O4. The molecule has 23 heavy (non-hydrogen) atoms. The Morgan fingerprint density at radius 3 is 2.70 bits per heavy atom. The van der Waals surface area contributed by atoms with E-state index in [1.165, 1.54) is 0 Å². The zero-order valence-electron chi connectivity index (χ0n) is 13.5. The summed E-state index contributed by atoms with van der Waals surface area (Å²) >= 11 is 0. The van der Waals surface area contributed by atoms with Crippen LogP contribution in [0.15, 0.2) is 28.8 Å². The van der Waals surface area contributed by atoms with Crippen molar-refractivity contribution in [2.75, 3.05) is 6.54 Å². The standard InChI is InChI=1S/C16H21N3O4/c1-16(2,3)22-15(21)17-9-8-14(20)18-10-12-11-6-4-5-7-13(11)23-19-12/h4-7H,8-10H2,1-3H3,(H,17,21)(H,18,20). The summed E-state index contributed by atoms with van der Waals surface area (Å²) in [6.07, 6.45) is -0.373. The lowest BCUT2D eigenvalue weighted by atomic mass is 10.2. The molecular weight excluding hydrogens is 298 g/mol. The molecule has 124 valence electrons. The second kappa shape index (κ2) is 7.13. The van der Waals surface area contributed by atoms with Gasteiger partial charge in [0.1, 0.15) is 11.3 Å². The molecule has 0 saturated carbocycles. The van der Waals surface area contributed by atoms with E-state index in [0.29, 0.717) is 11.3 Å². The molecule has 1 aromatic heterocycles. The summed E-state index contributed by atoms with van der Waals surface area (Å²) in [5, 5.41) is 10.1. The van der Waals surface area contributed by atoms with Crippen molar-refractivity contribution in [3.8, 4) is 0 Å². The summed E-state index contributed by atoms with van der Waals surface area (Å²) < 4.78 is 10.2. The summed E-state index contributed by atoms with van der Waals surface area (Å²) in [5.74, 6) is -0.187.